The molecule has 0 saturated heterocycles. The molecule has 0 spiro atoms. The van der Waals surface area contributed by atoms with Gasteiger partial charge in [-0.25, -0.2) is 4.68 Å². The summed E-state index contributed by atoms with van der Waals surface area (Å²) >= 11 is 1.61. The summed E-state index contributed by atoms with van der Waals surface area (Å²) in [5.41, 5.74) is 5.38. The number of para-hydroxylation sites is 2. The first kappa shape index (κ1) is 19.2. The molecule has 146 valence electrons. The Kier molecular flexibility index (Phi) is 5.58. The van der Waals surface area contributed by atoms with E-state index in [-0.39, 0.29) is 5.91 Å². The van der Waals surface area contributed by atoms with Gasteiger partial charge >= 0.3 is 0 Å². The summed E-state index contributed by atoms with van der Waals surface area (Å²) in [6, 6.07) is 21.8. The van der Waals surface area contributed by atoms with E-state index in [1.807, 2.05) is 53.9 Å². The fourth-order valence-corrected chi connectivity index (χ4v) is 4.12. The maximum atomic E-state index is 13.4. The Morgan fingerprint density at radius 3 is 2.31 bits per heavy atom. The zero-order valence-corrected chi connectivity index (χ0v) is 17.4. The second kappa shape index (κ2) is 8.45. The summed E-state index contributed by atoms with van der Waals surface area (Å²) in [5.74, 6) is -0.153. The van der Waals surface area contributed by atoms with Gasteiger partial charge in [0.05, 0.1) is 10.6 Å². The van der Waals surface area contributed by atoms with Crippen molar-refractivity contribution in [3.8, 4) is 16.3 Å². The largest absolute Gasteiger partial charge is 0.320 e. The zero-order valence-electron chi connectivity index (χ0n) is 16.6. The third-order valence-corrected chi connectivity index (χ3v) is 5.85. The average molecular weight is 402 g/mol. The molecular formula is C24H23N3OS. The molecular weight excluding hydrogens is 378 g/mol. The molecule has 0 unspecified atom stereocenters. The Morgan fingerprint density at radius 1 is 0.966 bits per heavy atom. The monoisotopic (exact) mass is 401 g/mol. The van der Waals surface area contributed by atoms with E-state index in [9.17, 15) is 4.79 Å². The summed E-state index contributed by atoms with van der Waals surface area (Å²) in [7, 11) is 0. The first-order valence-corrected chi connectivity index (χ1v) is 10.7. The van der Waals surface area contributed by atoms with Crippen molar-refractivity contribution < 1.29 is 4.79 Å². The van der Waals surface area contributed by atoms with E-state index >= 15 is 0 Å². The quantitative estimate of drug-likeness (QED) is 0.432. The van der Waals surface area contributed by atoms with Gasteiger partial charge in [0.1, 0.15) is 11.4 Å². The Bertz CT molecular complexity index is 1090. The van der Waals surface area contributed by atoms with Gasteiger partial charge in [-0.15, -0.1) is 11.3 Å². The van der Waals surface area contributed by atoms with E-state index in [0.29, 0.717) is 5.69 Å². The molecule has 0 radical (unpaired) electrons. The van der Waals surface area contributed by atoms with Gasteiger partial charge in [-0.1, -0.05) is 56.3 Å². The van der Waals surface area contributed by atoms with Gasteiger partial charge < -0.3 is 5.32 Å². The molecule has 5 heteroatoms. The molecule has 1 amide bonds. The van der Waals surface area contributed by atoms with Gasteiger partial charge in [0.15, 0.2) is 0 Å². The van der Waals surface area contributed by atoms with E-state index in [2.05, 4.69) is 37.4 Å². The Morgan fingerprint density at radius 2 is 1.69 bits per heavy atom. The Balaban J connectivity index is 1.77. The smallest absolute Gasteiger partial charge is 0.274 e. The van der Waals surface area contributed by atoms with E-state index in [0.717, 1.165) is 45.9 Å². The van der Waals surface area contributed by atoms with Crippen molar-refractivity contribution in [3.05, 3.63) is 88.9 Å². The standard InChI is InChI=1S/C24H23N3OS/c1-3-17-10-8-11-18(4-2)23(17)25-24(28)21-16-20(22-14-9-15-29-22)26-27(21)19-12-6-5-7-13-19/h5-16H,3-4H2,1-2H3,(H,25,28). The van der Waals surface area contributed by atoms with Crippen molar-refractivity contribution >= 4 is 22.9 Å². The van der Waals surface area contributed by atoms with Crippen LogP contribution < -0.4 is 5.32 Å². The number of carbonyl (C=O) groups excluding carboxylic acids is 1. The van der Waals surface area contributed by atoms with Crippen molar-refractivity contribution in [1.29, 1.82) is 0 Å². The summed E-state index contributed by atoms with van der Waals surface area (Å²) in [6.07, 6.45) is 1.73. The van der Waals surface area contributed by atoms with Crippen LogP contribution in [0.25, 0.3) is 16.3 Å². The molecule has 4 nitrogen and oxygen atoms in total. The van der Waals surface area contributed by atoms with E-state index in [1.54, 1.807) is 16.0 Å². The molecule has 0 aliphatic heterocycles. The number of hydrogen-bond acceptors (Lipinski definition) is 3. The van der Waals surface area contributed by atoms with Crippen molar-refractivity contribution in [2.75, 3.05) is 5.32 Å². The molecule has 0 fully saturated rings. The lowest BCUT2D eigenvalue weighted by atomic mass is 10.0. The molecule has 0 saturated carbocycles. The number of aryl methyl sites for hydroxylation is 2. The first-order valence-electron chi connectivity index (χ1n) is 9.82. The van der Waals surface area contributed by atoms with Crippen LogP contribution in [0.2, 0.25) is 0 Å². The molecule has 0 aliphatic carbocycles. The second-order valence-corrected chi connectivity index (χ2v) is 7.70. The molecule has 2 aromatic carbocycles. The highest BCUT2D eigenvalue weighted by Crippen LogP contribution is 2.28. The summed E-state index contributed by atoms with van der Waals surface area (Å²) in [6.45, 7) is 4.21. The minimum atomic E-state index is -0.153. The number of hydrogen-bond donors (Lipinski definition) is 1. The SMILES string of the molecule is CCc1cccc(CC)c1NC(=O)c1cc(-c2cccs2)nn1-c1ccccc1. The van der Waals surface area contributed by atoms with Crippen LogP contribution in [0.3, 0.4) is 0 Å². The average Bonchev–Trinajstić information content (AvgIpc) is 3.44. The zero-order chi connectivity index (χ0) is 20.2. The molecule has 2 aromatic heterocycles. The van der Waals surface area contributed by atoms with Crippen LogP contribution in [-0.4, -0.2) is 15.7 Å². The van der Waals surface area contributed by atoms with Crippen LogP contribution in [0.15, 0.2) is 72.1 Å². The number of benzene rings is 2. The van der Waals surface area contributed by atoms with Gasteiger partial charge in [-0.3, -0.25) is 4.79 Å². The highest BCUT2D eigenvalue weighted by atomic mass is 32.1. The third-order valence-electron chi connectivity index (χ3n) is 4.95. The van der Waals surface area contributed by atoms with Gasteiger partial charge in [-0.2, -0.15) is 5.10 Å². The topological polar surface area (TPSA) is 46.9 Å². The molecule has 2 heterocycles. The fourth-order valence-electron chi connectivity index (χ4n) is 3.43. The van der Waals surface area contributed by atoms with Crippen molar-refractivity contribution in [1.82, 2.24) is 9.78 Å². The minimum absolute atomic E-state index is 0.153. The van der Waals surface area contributed by atoms with Crippen molar-refractivity contribution in [3.63, 3.8) is 0 Å². The minimum Gasteiger partial charge on any atom is -0.320 e. The summed E-state index contributed by atoms with van der Waals surface area (Å²) in [5, 5.41) is 9.92. The van der Waals surface area contributed by atoms with Gasteiger partial charge in [0, 0.05) is 5.69 Å². The highest BCUT2D eigenvalue weighted by Gasteiger charge is 2.20. The van der Waals surface area contributed by atoms with Crippen LogP contribution in [0.5, 0.6) is 0 Å². The maximum Gasteiger partial charge on any atom is 0.274 e. The normalized spacial score (nSPS) is 10.8. The molecule has 0 bridgehead atoms. The van der Waals surface area contributed by atoms with Gasteiger partial charge in [0.25, 0.3) is 5.91 Å². The first-order chi connectivity index (χ1) is 14.2. The highest BCUT2D eigenvalue weighted by molar-refractivity contribution is 7.13. The molecule has 0 atom stereocenters. The number of anilines is 1. The predicted octanol–water partition coefficient (Wildman–Crippen LogP) is 5.98. The lowest BCUT2D eigenvalue weighted by molar-refractivity contribution is 0.101. The number of thiophene rings is 1. The number of rotatable bonds is 6. The number of aromatic nitrogens is 2. The number of nitrogens with one attached hydrogen (secondary N) is 1. The second-order valence-electron chi connectivity index (χ2n) is 6.75. The number of amides is 1. The van der Waals surface area contributed by atoms with E-state index < -0.39 is 0 Å². The van der Waals surface area contributed by atoms with Crippen LogP contribution >= 0.6 is 11.3 Å². The predicted molar refractivity (Wildman–Crippen MR) is 120 cm³/mol. The lowest BCUT2D eigenvalue weighted by Gasteiger charge is -2.15. The van der Waals surface area contributed by atoms with Gasteiger partial charge in [0.2, 0.25) is 0 Å². The lowest BCUT2D eigenvalue weighted by Crippen LogP contribution is -2.18. The molecule has 1 N–H and O–H groups in total. The van der Waals surface area contributed by atoms with Crippen molar-refractivity contribution in [2.45, 2.75) is 26.7 Å². The Labute approximate surface area is 174 Å². The van der Waals surface area contributed by atoms with Crippen LogP contribution in [0, 0.1) is 0 Å². The van der Waals surface area contributed by atoms with Crippen LogP contribution in [0.4, 0.5) is 5.69 Å². The summed E-state index contributed by atoms with van der Waals surface area (Å²) in [4.78, 5) is 14.4. The fraction of sp³-hybridized carbons (Fsp3) is 0.167. The maximum absolute atomic E-state index is 13.4. The number of nitrogens with zero attached hydrogens (tertiary/aromatic N) is 2. The third kappa shape index (κ3) is 3.87. The van der Waals surface area contributed by atoms with Gasteiger partial charge in [-0.05, 0) is 53.6 Å². The van der Waals surface area contributed by atoms with Crippen LogP contribution in [-0.2, 0) is 12.8 Å². The van der Waals surface area contributed by atoms with Crippen molar-refractivity contribution in [2.24, 2.45) is 0 Å². The molecule has 0 aliphatic rings. The van der Waals surface area contributed by atoms with Crippen LogP contribution in [0.1, 0.15) is 35.5 Å². The van der Waals surface area contributed by atoms with E-state index in [4.69, 9.17) is 5.10 Å². The molecule has 4 rings (SSSR count). The molecule has 29 heavy (non-hydrogen) atoms. The number of carbonyl (C=O) groups is 1. The molecule has 4 aromatic rings. The Hall–Kier alpha value is -3.18. The summed E-state index contributed by atoms with van der Waals surface area (Å²) < 4.78 is 1.73. The van der Waals surface area contributed by atoms with E-state index in [1.165, 1.54) is 0 Å².